The van der Waals surface area contributed by atoms with Gasteiger partial charge < -0.3 is 5.32 Å². The van der Waals surface area contributed by atoms with Crippen LogP contribution in [-0.2, 0) is 10.0 Å². The lowest BCUT2D eigenvalue weighted by Gasteiger charge is -2.11. The molecule has 0 saturated heterocycles. The molecule has 0 radical (unpaired) electrons. The van der Waals surface area contributed by atoms with E-state index in [2.05, 4.69) is 21.9 Å². The van der Waals surface area contributed by atoms with E-state index in [1.54, 1.807) is 17.8 Å². The highest BCUT2D eigenvalue weighted by Gasteiger charge is 2.14. The maximum Gasteiger partial charge on any atom is 0.240 e. The Hall–Kier alpha value is -0.790. The van der Waals surface area contributed by atoms with Crippen molar-refractivity contribution in [1.82, 2.24) is 9.71 Å². The highest BCUT2D eigenvalue weighted by atomic mass is 32.2. The predicted molar refractivity (Wildman–Crippen MR) is 85.8 cm³/mol. The van der Waals surface area contributed by atoms with Crippen molar-refractivity contribution in [3.63, 3.8) is 0 Å². The van der Waals surface area contributed by atoms with Gasteiger partial charge in [0, 0.05) is 30.6 Å². The minimum absolute atomic E-state index is 0.253. The molecule has 0 amide bonds. The molecule has 1 aromatic heterocycles. The molecule has 0 fully saturated rings. The molecule has 5 nitrogen and oxygen atoms in total. The molecule has 0 aliphatic heterocycles. The molecule has 1 rings (SSSR count). The summed E-state index contributed by atoms with van der Waals surface area (Å²) in [5, 5.41) is 3.53. The second-order valence-electron chi connectivity index (χ2n) is 4.54. The zero-order valence-corrected chi connectivity index (χ0v) is 13.9. The third-order valence-corrected chi connectivity index (χ3v) is 5.34. The van der Waals surface area contributed by atoms with Gasteiger partial charge in [-0.25, -0.2) is 18.1 Å². The molecule has 1 unspecified atom stereocenters. The maximum absolute atomic E-state index is 12.2. The Morgan fingerprint density at radius 3 is 2.80 bits per heavy atom. The fourth-order valence-electron chi connectivity index (χ4n) is 1.53. The SMILES string of the molecule is CCCNc1cc(S(=O)(=O)NCCC(C)SC)ccn1. The summed E-state index contributed by atoms with van der Waals surface area (Å²) in [7, 11) is -3.45. The van der Waals surface area contributed by atoms with Gasteiger partial charge in [-0.2, -0.15) is 11.8 Å². The molecular formula is C13H23N3O2S2. The summed E-state index contributed by atoms with van der Waals surface area (Å²) in [6.45, 7) is 5.35. The lowest BCUT2D eigenvalue weighted by Crippen LogP contribution is -2.26. The van der Waals surface area contributed by atoms with E-state index in [4.69, 9.17) is 0 Å². The first-order chi connectivity index (χ1) is 9.49. The van der Waals surface area contributed by atoms with Gasteiger partial charge in [0.15, 0.2) is 0 Å². The number of anilines is 1. The molecule has 20 heavy (non-hydrogen) atoms. The van der Waals surface area contributed by atoms with Crippen LogP contribution in [0.5, 0.6) is 0 Å². The van der Waals surface area contributed by atoms with Crippen LogP contribution in [-0.4, -0.2) is 38.0 Å². The topological polar surface area (TPSA) is 71.1 Å². The van der Waals surface area contributed by atoms with Crippen LogP contribution < -0.4 is 10.0 Å². The number of pyridine rings is 1. The van der Waals surface area contributed by atoms with Gasteiger partial charge >= 0.3 is 0 Å². The zero-order valence-electron chi connectivity index (χ0n) is 12.2. The van der Waals surface area contributed by atoms with Crippen LogP contribution in [0.4, 0.5) is 5.82 Å². The molecule has 2 N–H and O–H groups in total. The number of aromatic nitrogens is 1. The van der Waals surface area contributed by atoms with Gasteiger partial charge in [-0.3, -0.25) is 0 Å². The molecule has 0 saturated carbocycles. The number of hydrogen-bond donors (Lipinski definition) is 2. The number of hydrogen-bond acceptors (Lipinski definition) is 5. The van der Waals surface area contributed by atoms with Crippen LogP contribution in [0.15, 0.2) is 23.2 Å². The number of nitrogens with one attached hydrogen (secondary N) is 2. The van der Waals surface area contributed by atoms with Gasteiger partial charge in [0.1, 0.15) is 5.82 Å². The van der Waals surface area contributed by atoms with E-state index in [0.717, 1.165) is 19.4 Å². The van der Waals surface area contributed by atoms with Crippen LogP contribution in [0.3, 0.4) is 0 Å². The van der Waals surface area contributed by atoms with Crippen molar-refractivity contribution in [2.24, 2.45) is 0 Å². The average molecular weight is 317 g/mol. The van der Waals surface area contributed by atoms with Crippen LogP contribution in [0, 0.1) is 0 Å². The molecule has 7 heteroatoms. The van der Waals surface area contributed by atoms with E-state index in [1.807, 2.05) is 13.2 Å². The fraction of sp³-hybridized carbons (Fsp3) is 0.615. The van der Waals surface area contributed by atoms with E-state index in [-0.39, 0.29) is 4.90 Å². The van der Waals surface area contributed by atoms with Crippen LogP contribution in [0.2, 0.25) is 0 Å². The van der Waals surface area contributed by atoms with Gasteiger partial charge in [0.25, 0.3) is 0 Å². The number of thioether (sulfide) groups is 1. The van der Waals surface area contributed by atoms with E-state index < -0.39 is 10.0 Å². The van der Waals surface area contributed by atoms with Crippen LogP contribution in [0.25, 0.3) is 0 Å². The number of rotatable bonds is 9. The standard InChI is InChI=1S/C13H23N3O2S2/c1-4-7-14-13-10-12(6-8-15-13)20(17,18)16-9-5-11(2)19-3/h6,8,10-11,16H,4-5,7,9H2,1-3H3,(H,14,15). The molecular weight excluding hydrogens is 294 g/mol. The molecule has 114 valence electrons. The molecule has 1 aromatic rings. The largest absolute Gasteiger partial charge is 0.370 e. The Bertz CT molecular complexity index is 506. The molecule has 1 heterocycles. The normalized spacial score (nSPS) is 13.2. The minimum atomic E-state index is -3.45. The maximum atomic E-state index is 12.2. The van der Waals surface area contributed by atoms with E-state index in [9.17, 15) is 8.42 Å². The first-order valence-electron chi connectivity index (χ1n) is 6.72. The Balaban J connectivity index is 2.67. The molecule has 1 atom stereocenters. The lowest BCUT2D eigenvalue weighted by atomic mass is 10.3. The third kappa shape index (κ3) is 5.68. The zero-order chi connectivity index (χ0) is 15.0. The summed E-state index contributed by atoms with van der Waals surface area (Å²) < 4.78 is 26.9. The second-order valence-corrected chi connectivity index (χ2v) is 7.58. The number of nitrogens with zero attached hydrogens (tertiary/aromatic N) is 1. The molecule has 0 spiro atoms. The summed E-state index contributed by atoms with van der Waals surface area (Å²) in [6, 6.07) is 3.08. The summed E-state index contributed by atoms with van der Waals surface area (Å²) in [4.78, 5) is 4.36. The summed E-state index contributed by atoms with van der Waals surface area (Å²) >= 11 is 1.73. The summed E-state index contributed by atoms with van der Waals surface area (Å²) in [5.41, 5.74) is 0. The van der Waals surface area contributed by atoms with Crippen molar-refractivity contribution >= 4 is 27.6 Å². The van der Waals surface area contributed by atoms with Gasteiger partial charge in [0.2, 0.25) is 10.0 Å². The van der Waals surface area contributed by atoms with Crippen molar-refractivity contribution < 1.29 is 8.42 Å². The van der Waals surface area contributed by atoms with Gasteiger partial charge in [-0.1, -0.05) is 13.8 Å². The lowest BCUT2D eigenvalue weighted by molar-refractivity contribution is 0.579. The average Bonchev–Trinajstić information content (AvgIpc) is 2.45. The van der Waals surface area contributed by atoms with Gasteiger partial charge in [-0.15, -0.1) is 0 Å². The van der Waals surface area contributed by atoms with E-state index in [1.165, 1.54) is 12.3 Å². The quantitative estimate of drug-likeness (QED) is 0.731. The summed E-state index contributed by atoms with van der Waals surface area (Å²) in [5.74, 6) is 0.590. The van der Waals surface area contributed by atoms with E-state index >= 15 is 0 Å². The fourth-order valence-corrected chi connectivity index (χ4v) is 2.94. The first-order valence-corrected chi connectivity index (χ1v) is 9.49. The van der Waals surface area contributed by atoms with Crippen LogP contribution >= 0.6 is 11.8 Å². The molecule has 0 aliphatic carbocycles. The van der Waals surface area contributed by atoms with Crippen molar-refractivity contribution in [3.05, 3.63) is 18.3 Å². The Morgan fingerprint density at radius 2 is 2.15 bits per heavy atom. The monoisotopic (exact) mass is 317 g/mol. The third-order valence-electron chi connectivity index (χ3n) is 2.84. The van der Waals surface area contributed by atoms with Crippen molar-refractivity contribution in [2.75, 3.05) is 24.7 Å². The Kier molecular flexibility index (Phi) is 7.32. The highest BCUT2D eigenvalue weighted by Crippen LogP contribution is 2.13. The number of sulfonamides is 1. The smallest absolute Gasteiger partial charge is 0.240 e. The van der Waals surface area contributed by atoms with Crippen molar-refractivity contribution in [1.29, 1.82) is 0 Å². The highest BCUT2D eigenvalue weighted by molar-refractivity contribution is 7.99. The van der Waals surface area contributed by atoms with Crippen molar-refractivity contribution in [2.45, 2.75) is 36.8 Å². The Labute approximate surface area is 126 Å². The van der Waals surface area contributed by atoms with Crippen molar-refractivity contribution in [3.8, 4) is 0 Å². The van der Waals surface area contributed by atoms with Gasteiger partial charge in [-0.05, 0) is 25.2 Å². The molecule has 0 aromatic carbocycles. The predicted octanol–water partition coefficient (Wildman–Crippen LogP) is 2.32. The minimum Gasteiger partial charge on any atom is -0.370 e. The van der Waals surface area contributed by atoms with E-state index in [0.29, 0.717) is 17.6 Å². The summed E-state index contributed by atoms with van der Waals surface area (Å²) in [6.07, 6.45) is 5.31. The Morgan fingerprint density at radius 1 is 1.40 bits per heavy atom. The molecule has 0 bridgehead atoms. The first kappa shape index (κ1) is 17.3. The van der Waals surface area contributed by atoms with Gasteiger partial charge in [0.05, 0.1) is 4.90 Å². The van der Waals surface area contributed by atoms with Crippen LogP contribution in [0.1, 0.15) is 26.7 Å². The molecule has 0 aliphatic rings. The second kappa shape index (κ2) is 8.49.